The molecule has 0 bridgehead atoms. The lowest BCUT2D eigenvalue weighted by atomic mass is 10.3. The molecule has 29 heavy (non-hydrogen) atoms. The maximum absolute atomic E-state index is 12.8. The van der Waals surface area contributed by atoms with Gasteiger partial charge in [0.25, 0.3) is 5.91 Å². The third kappa shape index (κ3) is 4.12. The van der Waals surface area contributed by atoms with E-state index in [0.29, 0.717) is 12.2 Å². The fraction of sp³-hybridized carbons (Fsp3) is 0.312. The van der Waals surface area contributed by atoms with Gasteiger partial charge in [0.1, 0.15) is 12.2 Å². The Hall–Kier alpha value is -4.03. The van der Waals surface area contributed by atoms with Crippen molar-refractivity contribution in [1.29, 1.82) is 0 Å². The number of carbonyl (C=O) groups is 2. The molecule has 0 spiro atoms. The molecule has 0 aliphatic heterocycles. The summed E-state index contributed by atoms with van der Waals surface area (Å²) in [6, 6.07) is 1.19. The van der Waals surface area contributed by atoms with E-state index < -0.39 is 16.7 Å². The van der Waals surface area contributed by atoms with Crippen molar-refractivity contribution < 1.29 is 14.5 Å². The van der Waals surface area contributed by atoms with E-state index in [1.807, 2.05) is 13.8 Å². The Bertz CT molecular complexity index is 1080. The van der Waals surface area contributed by atoms with E-state index in [1.165, 1.54) is 29.3 Å². The standard InChI is InChI=1S/C16H19N9O4/c1-4-24-15(16(27)20-11-7-17-22(3)10(11)2)12(8-18-24)19-14(26)9-23-6-5-13(21-23)25(28)29/h5-8H,4,9H2,1-3H3,(H,19,26)(H,20,27). The van der Waals surface area contributed by atoms with Crippen LogP contribution in [0.5, 0.6) is 0 Å². The molecule has 0 saturated carbocycles. The molecule has 0 fully saturated rings. The molecule has 0 saturated heterocycles. The van der Waals surface area contributed by atoms with E-state index in [0.717, 1.165) is 10.4 Å². The van der Waals surface area contributed by atoms with Gasteiger partial charge in [0, 0.05) is 13.6 Å². The van der Waals surface area contributed by atoms with Gasteiger partial charge < -0.3 is 20.7 Å². The largest absolute Gasteiger partial charge is 0.389 e. The number of nitro groups is 1. The van der Waals surface area contributed by atoms with Crippen LogP contribution < -0.4 is 10.6 Å². The predicted octanol–water partition coefficient (Wildman–Crippen LogP) is 0.941. The van der Waals surface area contributed by atoms with Crippen LogP contribution in [0.15, 0.2) is 24.7 Å². The zero-order valence-corrected chi connectivity index (χ0v) is 16.0. The highest BCUT2D eigenvalue weighted by atomic mass is 16.6. The maximum atomic E-state index is 12.8. The van der Waals surface area contributed by atoms with Crippen molar-refractivity contribution in [1.82, 2.24) is 29.3 Å². The summed E-state index contributed by atoms with van der Waals surface area (Å²) in [6.45, 7) is 3.78. The number of anilines is 2. The quantitative estimate of drug-likeness (QED) is 0.441. The van der Waals surface area contributed by atoms with Gasteiger partial charge in [-0.15, -0.1) is 0 Å². The monoisotopic (exact) mass is 401 g/mol. The highest BCUT2D eigenvalue weighted by Gasteiger charge is 2.22. The van der Waals surface area contributed by atoms with Gasteiger partial charge in [-0.25, -0.2) is 0 Å². The number of nitrogens with zero attached hydrogens (tertiary/aromatic N) is 7. The minimum absolute atomic E-state index is 0.176. The molecule has 0 aromatic carbocycles. The number of hydrogen-bond donors (Lipinski definition) is 2. The van der Waals surface area contributed by atoms with Crippen LogP contribution in [0.1, 0.15) is 23.1 Å². The normalized spacial score (nSPS) is 10.7. The van der Waals surface area contributed by atoms with E-state index in [9.17, 15) is 19.7 Å². The minimum atomic E-state index is -0.650. The second-order valence-corrected chi connectivity index (χ2v) is 6.12. The van der Waals surface area contributed by atoms with Crippen molar-refractivity contribution >= 4 is 29.0 Å². The first-order chi connectivity index (χ1) is 13.8. The Kier molecular flexibility index (Phi) is 5.38. The molecule has 3 aromatic rings. The van der Waals surface area contributed by atoms with Crippen molar-refractivity contribution in [3.8, 4) is 0 Å². The highest BCUT2D eigenvalue weighted by Crippen LogP contribution is 2.19. The summed E-state index contributed by atoms with van der Waals surface area (Å²) in [4.78, 5) is 35.2. The summed E-state index contributed by atoms with van der Waals surface area (Å²) in [5.41, 5.74) is 1.71. The summed E-state index contributed by atoms with van der Waals surface area (Å²) in [6.07, 6.45) is 4.23. The number of hydrogen-bond acceptors (Lipinski definition) is 7. The van der Waals surface area contributed by atoms with Gasteiger partial charge in [0.05, 0.1) is 46.8 Å². The zero-order chi connectivity index (χ0) is 21.1. The third-order valence-corrected chi connectivity index (χ3v) is 4.23. The molecule has 13 nitrogen and oxygen atoms in total. The maximum Gasteiger partial charge on any atom is 0.389 e. The Balaban J connectivity index is 1.76. The number of amides is 2. The van der Waals surface area contributed by atoms with Crippen LogP contribution in [0.2, 0.25) is 0 Å². The van der Waals surface area contributed by atoms with Crippen molar-refractivity contribution in [3.05, 3.63) is 46.2 Å². The minimum Gasteiger partial charge on any atom is -0.358 e. The molecule has 0 atom stereocenters. The molecule has 0 aliphatic rings. The average molecular weight is 401 g/mol. The van der Waals surface area contributed by atoms with Crippen molar-refractivity contribution in [2.45, 2.75) is 26.9 Å². The van der Waals surface area contributed by atoms with Crippen molar-refractivity contribution in [2.75, 3.05) is 10.6 Å². The first kappa shape index (κ1) is 19.7. The SMILES string of the molecule is CCn1ncc(NC(=O)Cn2ccc([N+](=O)[O-])n2)c1C(=O)Nc1cnn(C)c1C. The second-order valence-electron chi connectivity index (χ2n) is 6.12. The van der Waals surface area contributed by atoms with Gasteiger partial charge in [-0.1, -0.05) is 0 Å². The number of rotatable bonds is 7. The van der Waals surface area contributed by atoms with Crippen LogP contribution in [-0.2, 0) is 24.9 Å². The summed E-state index contributed by atoms with van der Waals surface area (Å²) in [5, 5.41) is 27.9. The van der Waals surface area contributed by atoms with Crippen molar-refractivity contribution in [2.24, 2.45) is 7.05 Å². The summed E-state index contributed by atoms with van der Waals surface area (Å²) in [7, 11) is 1.76. The van der Waals surface area contributed by atoms with Crippen LogP contribution in [0.4, 0.5) is 17.2 Å². The lowest BCUT2D eigenvalue weighted by Gasteiger charge is -2.09. The number of nitrogens with one attached hydrogen (secondary N) is 2. The Labute approximate surface area is 164 Å². The lowest BCUT2D eigenvalue weighted by Crippen LogP contribution is -2.23. The van der Waals surface area contributed by atoms with Gasteiger partial charge in [0.15, 0.2) is 0 Å². The molecule has 0 aliphatic carbocycles. The molecule has 2 amide bonds. The van der Waals surface area contributed by atoms with Crippen LogP contribution in [0.25, 0.3) is 0 Å². The highest BCUT2D eigenvalue weighted by molar-refractivity contribution is 6.09. The van der Waals surface area contributed by atoms with Crippen LogP contribution in [0, 0.1) is 17.0 Å². The molecule has 2 N–H and O–H groups in total. The number of aryl methyl sites for hydroxylation is 2. The Morgan fingerprint density at radius 2 is 1.93 bits per heavy atom. The fourth-order valence-electron chi connectivity index (χ4n) is 2.63. The van der Waals surface area contributed by atoms with Crippen LogP contribution in [0.3, 0.4) is 0 Å². The molecule has 0 unspecified atom stereocenters. The van der Waals surface area contributed by atoms with E-state index >= 15 is 0 Å². The lowest BCUT2D eigenvalue weighted by molar-refractivity contribution is -0.389. The molecular formula is C16H19N9O4. The van der Waals surface area contributed by atoms with Crippen molar-refractivity contribution in [3.63, 3.8) is 0 Å². The van der Waals surface area contributed by atoms with E-state index in [4.69, 9.17) is 0 Å². The van der Waals surface area contributed by atoms with Gasteiger partial charge in [-0.3, -0.25) is 19.0 Å². The van der Waals surface area contributed by atoms with E-state index in [1.54, 1.807) is 11.7 Å². The van der Waals surface area contributed by atoms with Crippen LogP contribution in [-0.4, -0.2) is 46.1 Å². The van der Waals surface area contributed by atoms with Gasteiger partial charge in [-0.05, 0) is 18.8 Å². The average Bonchev–Trinajstić information content (AvgIpc) is 3.37. The smallest absolute Gasteiger partial charge is 0.358 e. The first-order valence-corrected chi connectivity index (χ1v) is 8.63. The summed E-state index contributed by atoms with van der Waals surface area (Å²) >= 11 is 0. The molecule has 13 heteroatoms. The topological polar surface area (TPSA) is 155 Å². The summed E-state index contributed by atoms with van der Waals surface area (Å²) in [5.74, 6) is -1.32. The zero-order valence-electron chi connectivity index (χ0n) is 16.0. The Morgan fingerprint density at radius 1 is 1.21 bits per heavy atom. The second kappa shape index (κ2) is 7.92. The molecule has 3 aromatic heterocycles. The van der Waals surface area contributed by atoms with Gasteiger partial charge in [-0.2, -0.15) is 14.9 Å². The molecule has 152 valence electrons. The summed E-state index contributed by atoms with van der Waals surface area (Å²) < 4.78 is 4.21. The first-order valence-electron chi connectivity index (χ1n) is 8.63. The molecule has 3 rings (SSSR count). The molecular weight excluding hydrogens is 382 g/mol. The number of carbonyl (C=O) groups excluding carboxylic acids is 2. The number of aromatic nitrogens is 6. The Morgan fingerprint density at radius 3 is 2.52 bits per heavy atom. The van der Waals surface area contributed by atoms with Gasteiger partial charge in [0.2, 0.25) is 5.91 Å². The van der Waals surface area contributed by atoms with Crippen LogP contribution >= 0.6 is 0 Å². The third-order valence-electron chi connectivity index (χ3n) is 4.23. The van der Waals surface area contributed by atoms with Gasteiger partial charge >= 0.3 is 5.82 Å². The fourth-order valence-corrected chi connectivity index (χ4v) is 2.63. The molecule has 3 heterocycles. The van der Waals surface area contributed by atoms with E-state index in [-0.39, 0.29) is 23.7 Å². The van der Waals surface area contributed by atoms with E-state index in [2.05, 4.69) is 25.9 Å². The predicted molar refractivity (Wildman–Crippen MR) is 101 cm³/mol. The molecule has 0 radical (unpaired) electrons.